The molecule has 3 aromatic rings. The van der Waals surface area contributed by atoms with Crippen molar-refractivity contribution in [2.45, 2.75) is 38.3 Å². The van der Waals surface area contributed by atoms with E-state index in [4.69, 9.17) is 16.3 Å². The van der Waals surface area contributed by atoms with Crippen LogP contribution in [0, 0.1) is 12.7 Å². The number of benzene rings is 2. The molecule has 0 N–H and O–H groups in total. The van der Waals surface area contributed by atoms with E-state index in [0.29, 0.717) is 23.9 Å². The highest BCUT2D eigenvalue weighted by Gasteiger charge is 2.38. The van der Waals surface area contributed by atoms with Gasteiger partial charge in [0, 0.05) is 22.5 Å². The zero-order valence-electron chi connectivity index (χ0n) is 19.4. The lowest BCUT2D eigenvalue weighted by Crippen LogP contribution is -2.48. The fraction of sp³-hybridized carbons (Fsp3) is 0.333. The number of carbonyl (C=O) groups excluding carboxylic acids is 2. The summed E-state index contributed by atoms with van der Waals surface area (Å²) >= 11 is 7.83. The minimum absolute atomic E-state index is 0.00366. The molecule has 2 aromatic carbocycles. The van der Waals surface area contributed by atoms with Crippen LogP contribution in [0.1, 0.15) is 45.2 Å². The smallest absolute Gasteiger partial charge is 0.257 e. The highest BCUT2D eigenvalue weighted by atomic mass is 35.5. The maximum absolute atomic E-state index is 14.3. The van der Waals surface area contributed by atoms with Gasteiger partial charge in [-0.2, -0.15) is 0 Å². The largest absolute Gasteiger partial charge is 0.491 e. The number of carbonyl (C=O) groups is 2. The Labute approximate surface area is 213 Å². The van der Waals surface area contributed by atoms with Gasteiger partial charge >= 0.3 is 0 Å². The second-order valence-corrected chi connectivity index (χ2v) is 10.4. The van der Waals surface area contributed by atoms with Crippen molar-refractivity contribution in [1.82, 2.24) is 9.80 Å². The molecule has 2 amide bonds. The number of ether oxygens (including phenoxy) is 1. The predicted molar refractivity (Wildman–Crippen MR) is 135 cm³/mol. The SMILES string of the molecule is Cc1cc(OC[C@H]2c3ccsc3CCN2C(=O)CN(C(=O)c2ccccc2F)C2CC2)ccc1Cl. The Morgan fingerprint density at radius 2 is 2.00 bits per heavy atom. The van der Waals surface area contributed by atoms with E-state index >= 15 is 0 Å². The molecule has 1 saturated carbocycles. The summed E-state index contributed by atoms with van der Waals surface area (Å²) in [4.78, 5) is 31.3. The zero-order chi connectivity index (χ0) is 24.5. The van der Waals surface area contributed by atoms with Gasteiger partial charge in [0.1, 0.15) is 24.7 Å². The fourth-order valence-corrected chi connectivity index (χ4v) is 5.58. The third-order valence-electron chi connectivity index (χ3n) is 6.61. The summed E-state index contributed by atoms with van der Waals surface area (Å²) in [5.41, 5.74) is 2.01. The first-order valence-electron chi connectivity index (χ1n) is 11.7. The zero-order valence-corrected chi connectivity index (χ0v) is 20.9. The number of hydrogen-bond donors (Lipinski definition) is 0. The Hall–Kier alpha value is -2.90. The minimum Gasteiger partial charge on any atom is -0.491 e. The van der Waals surface area contributed by atoms with Crippen LogP contribution in [0.3, 0.4) is 0 Å². The Bertz CT molecular complexity index is 1260. The number of aryl methyl sites for hydroxylation is 1. The summed E-state index contributed by atoms with van der Waals surface area (Å²) in [5.74, 6) is -0.465. The van der Waals surface area contributed by atoms with Crippen LogP contribution in [0.15, 0.2) is 53.9 Å². The van der Waals surface area contributed by atoms with E-state index in [2.05, 4.69) is 0 Å². The number of nitrogens with zero attached hydrogens (tertiary/aromatic N) is 2. The summed E-state index contributed by atoms with van der Waals surface area (Å²) in [6.45, 7) is 2.68. The molecular formula is C27H26ClFN2O3S. The van der Waals surface area contributed by atoms with E-state index in [-0.39, 0.29) is 30.1 Å². The van der Waals surface area contributed by atoms with Crippen molar-refractivity contribution in [3.8, 4) is 5.75 Å². The fourth-order valence-electron chi connectivity index (χ4n) is 4.54. The van der Waals surface area contributed by atoms with Crippen LogP contribution in [0.4, 0.5) is 4.39 Å². The molecule has 1 fully saturated rings. The Morgan fingerprint density at radius 1 is 1.20 bits per heavy atom. The topological polar surface area (TPSA) is 49.9 Å². The van der Waals surface area contributed by atoms with Gasteiger partial charge in [0.2, 0.25) is 5.91 Å². The third kappa shape index (κ3) is 5.07. The van der Waals surface area contributed by atoms with Crippen LogP contribution >= 0.6 is 22.9 Å². The molecule has 182 valence electrons. The molecule has 0 radical (unpaired) electrons. The van der Waals surface area contributed by atoms with Crippen molar-refractivity contribution in [3.63, 3.8) is 0 Å². The van der Waals surface area contributed by atoms with Gasteiger partial charge in [0.15, 0.2) is 0 Å². The minimum atomic E-state index is -0.568. The van der Waals surface area contributed by atoms with Gasteiger partial charge in [-0.3, -0.25) is 9.59 Å². The van der Waals surface area contributed by atoms with Crippen molar-refractivity contribution in [2.24, 2.45) is 0 Å². The van der Waals surface area contributed by atoms with Crippen molar-refractivity contribution in [1.29, 1.82) is 0 Å². The van der Waals surface area contributed by atoms with Crippen LogP contribution in [0.5, 0.6) is 5.75 Å². The monoisotopic (exact) mass is 512 g/mol. The Kier molecular flexibility index (Phi) is 6.80. The van der Waals surface area contributed by atoms with Crippen LogP contribution in [0.2, 0.25) is 5.02 Å². The molecule has 0 spiro atoms. The van der Waals surface area contributed by atoms with Crippen molar-refractivity contribution in [2.75, 3.05) is 19.7 Å². The predicted octanol–water partition coefficient (Wildman–Crippen LogP) is 5.66. The molecule has 8 heteroatoms. The average molecular weight is 513 g/mol. The maximum Gasteiger partial charge on any atom is 0.257 e. The molecule has 0 saturated heterocycles. The molecule has 35 heavy (non-hydrogen) atoms. The number of amides is 2. The summed E-state index contributed by atoms with van der Waals surface area (Å²) in [7, 11) is 0. The van der Waals surface area contributed by atoms with E-state index in [0.717, 1.165) is 30.4 Å². The van der Waals surface area contributed by atoms with Gasteiger partial charge in [-0.25, -0.2) is 4.39 Å². The molecule has 2 aliphatic rings. The normalized spacial score (nSPS) is 17.1. The standard InChI is InChI=1S/C27H26ClFN2O3S/c1-17-14-19(8-9-22(17)28)34-16-24-21-11-13-35-25(21)10-12-30(24)26(32)15-31(18-6-7-18)27(33)20-4-2-3-5-23(20)29/h2-5,8-9,11,13-14,18,24H,6-7,10,12,15-16H2,1H3/t24-/m0/s1. The number of halogens is 2. The lowest BCUT2D eigenvalue weighted by Gasteiger charge is -2.37. The third-order valence-corrected chi connectivity index (χ3v) is 8.03. The van der Waals surface area contributed by atoms with E-state index in [1.807, 2.05) is 35.4 Å². The lowest BCUT2D eigenvalue weighted by atomic mass is 10.00. The molecule has 1 aliphatic heterocycles. The second-order valence-electron chi connectivity index (χ2n) is 9.02. The molecule has 1 aliphatic carbocycles. The molecule has 0 unspecified atom stereocenters. The highest BCUT2D eigenvalue weighted by Crippen LogP contribution is 2.35. The molecule has 2 heterocycles. The molecular weight excluding hydrogens is 487 g/mol. The van der Waals surface area contributed by atoms with Crippen LogP contribution < -0.4 is 4.74 Å². The molecule has 5 rings (SSSR count). The van der Waals surface area contributed by atoms with Crippen LogP contribution in [-0.2, 0) is 11.2 Å². The number of hydrogen-bond acceptors (Lipinski definition) is 4. The van der Waals surface area contributed by atoms with Gasteiger partial charge in [-0.15, -0.1) is 11.3 Å². The number of fused-ring (bicyclic) bond motifs is 1. The van der Waals surface area contributed by atoms with Gasteiger partial charge in [-0.1, -0.05) is 23.7 Å². The van der Waals surface area contributed by atoms with Crippen LogP contribution in [-0.4, -0.2) is 47.4 Å². The summed E-state index contributed by atoms with van der Waals surface area (Å²) in [6.07, 6.45) is 2.41. The quantitative estimate of drug-likeness (QED) is 0.410. The van der Waals surface area contributed by atoms with Gasteiger partial charge in [-0.05, 0) is 79.1 Å². The van der Waals surface area contributed by atoms with E-state index in [1.165, 1.54) is 21.9 Å². The van der Waals surface area contributed by atoms with E-state index in [9.17, 15) is 14.0 Å². The summed E-state index contributed by atoms with van der Waals surface area (Å²) < 4.78 is 20.4. The van der Waals surface area contributed by atoms with Crippen molar-refractivity contribution in [3.05, 3.63) is 86.3 Å². The second kappa shape index (κ2) is 9.99. The van der Waals surface area contributed by atoms with Crippen molar-refractivity contribution < 1.29 is 18.7 Å². The highest BCUT2D eigenvalue weighted by molar-refractivity contribution is 7.10. The van der Waals surface area contributed by atoms with Crippen molar-refractivity contribution >= 4 is 34.8 Å². The molecule has 1 atom stereocenters. The Morgan fingerprint density at radius 3 is 2.74 bits per heavy atom. The van der Waals surface area contributed by atoms with Gasteiger partial charge < -0.3 is 14.5 Å². The summed E-state index contributed by atoms with van der Waals surface area (Å²) in [6, 6.07) is 13.2. The Balaban J connectivity index is 1.35. The summed E-state index contributed by atoms with van der Waals surface area (Å²) in [5, 5.41) is 2.71. The molecule has 1 aromatic heterocycles. The lowest BCUT2D eigenvalue weighted by molar-refractivity contribution is -0.135. The first kappa shape index (κ1) is 23.8. The number of rotatable bonds is 7. The first-order valence-corrected chi connectivity index (χ1v) is 13.0. The van der Waals surface area contributed by atoms with E-state index in [1.54, 1.807) is 29.5 Å². The van der Waals surface area contributed by atoms with Gasteiger partial charge in [0.05, 0.1) is 11.6 Å². The first-order chi connectivity index (χ1) is 16.9. The molecule has 0 bridgehead atoms. The average Bonchev–Trinajstić information content (AvgIpc) is 3.58. The van der Waals surface area contributed by atoms with Crippen LogP contribution in [0.25, 0.3) is 0 Å². The van der Waals surface area contributed by atoms with Gasteiger partial charge in [0.25, 0.3) is 5.91 Å². The molecule has 5 nitrogen and oxygen atoms in total. The number of thiophene rings is 1. The maximum atomic E-state index is 14.3. The van der Waals surface area contributed by atoms with E-state index < -0.39 is 11.7 Å².